The second-order valence-corrected chi connectivity index (χ2v) is 8.92. The van der Waals surface area contributed by atoms with Crippen LogP contribution in [0.4, 0.5) is 8.78 Å². The Morgan fingerprint density at radius 1 is 1.10 bits per heavy atom. The molecule has 2 aromatic heterocycles. The summed E-state index contributed by atoms with van der Waals surface area (Å²) in [5, 5.41) is 2.81. The SMILES string of the molecule is O=C(CCc1c(-c2ccc(F)cc2)[nH]c2ccc(F)cc12)N1CCC[C@@H]1c1cccs1. The number of rotatable bonds is 5. The van der Waals surface area contributed by atoms with Gasteiger partial charge in [-0.25, -0.2) is 8.78 Å². The number of thiophene rings is 1. The van der Waals surface area contributed by atoms with Crippen molar-refractivity contribution in [3.63, 3.8) is 0 Å². The highest BCUT2D eigenvalue weighted by Gasteiger charge is 2.30. The van der Waals surface area contributed by atoms with Crippen molar-refractivity contribution in [2.75, 3.05) is 6.54 Å². The summed E-state index contributed by atoms with van der Waals surface area (Å²) in [7, 11) is 0. The molecule has 0 bridgehead atoms. The Hall–Kier alpha value is -2.99. The van der Waals surface area contributed by atoms with E-state index in [0.717, 1.165) is 47.1 Å². The van der Waals surface area contributed by atoms with Crippen LogP contribution in [-0.2, 0) is 11.2 Å². The number of aromatic nitrogens is 1. The van der Waals surface area contributed by atoms with Gasteiger partial charge in [0.2, 0.25) is 5.91 Å². The molecule has 0 saturated carbocycles. The summed E-state index contributed by atoms with van der Waals surface area (Å²) in [5.41, 5.74) is 3.32. The number of hydrogen-bond acceptors (Lipinski definition) is 2. The molecule has 4 aromatic rings. The number of amides is 1. The van der Waals surface area contributed by atoms with Gasteiger partial charge in [0.05, 0.1) is 6.04 Å². The Morgan fingerprint density at radius 2 is 1.90 bits per heavy atom. The number of halogens is 2. The first kappa shape index (κ1) is 19.9. The molecule has 1 N–H and O–H groups in total. The van der Waals surface area contributed by atoms with E-state index in [-0.39, 0.29) is 23.6 Å². The molecule has 2 aromatic carbocycles. The minimum absolute atomic E-state index is 0.117. The van der Waals surface area contributed by atoms with Crippen molar-refractivity contribution in [2.24, 2.45) is 0 Å². The van der Waals surface area contributed by atoms with E-state index in [0.29, 0.717) is 12.8 Å². The lowest BCUT2D eigenvalue weighted by molar-refractivity contribution is -0.132. The predicted molar refractivity (Wildman–Crippen MR) is 120 cm³/mol. The summed E-state index contributed by atoms with van der Waals surface area (Å²) in [4.78, 5) is 19.7. The predicted octanol–water partition coefficient (Wildman–Crippen LogP) is 6.47. The van der Waals surface area contributed by atoms with Gasteiger partial charge in [-0.1, -0.05) is 6.07 Å². The smallest absolute Gasteiger partial charge is 0.223 e. The zero-order chi connectivity index (χ0) is 21.4. The second kappa shape index (κ2) is 8.27. The number of benzene rings is 2. The average Bonchev–Trinajstić information content (AvgIpc) is 3.51. The van der Waals surface area contributed by atoms with Crippen LogP contribution < -0.4 is 0 Å². The van der Waals surface area contributed by atoms with Crippen molar-refractivity contribution in [3.8, 4) is 11.3 Å². The van der Waals surface area contributed by atoms with Crippen molar-refractivity contribution in [1.82, 2.24) is 9.88 Å². The van der Waals surface area contributed by atoms with E-state index >= 15 is 0 Å². The minimum atomic E-state index is -0.318. The first-order chi connectivity index (χ1) is 15.1. The first-order valence-corrected chi connectivity index (χ1v) is 11.4. The molecule has 6 heteroatoms. The van der Waals surface area contributed by atoms with Gasteiger partial charge in [-0.3, -0.25) is 4.79 Å². The zero-order valence-electron chi connectivity index (χ0n) is 16.9. The van der Waals surface area contributed by atoms with E-state index in [1.54, 1.807) is 29.5 Å². The third-order valence-corrected chi connectivity index (χ3v) is 7.01. The third kappa shape index (κ3) is 3.88. The van der Waals surface area contributed by atoms with Gasteiger partial charge < -0.3 is 9.88 Å². The average molecular weight is 437 g/mol. The van der Waals surface area contributed by atoms with Gasteiger partial charge in [-0.15, -0.1) is 11.3 Å². The van der Waals surface area contributed by atoms with E-state index in [4.69, 9.17) is 0 Å². The summed E-state index contributed by atoms with van der Waals surface area (Å²) in [6, 6.07) is 15.1. The van der Waals surface area contributed by atoms with E-state index in [2.05, 4.69) is 11.1 Å². The molecule has 1 saturated heterocycles. The van der Waals surface area contributed by atoms with Crippen LogP contribution in [0.15, 0.2) is 60.0 Å². The van der Waals surface area contributed by atoms with Crippen LogP contribution in [0.1, 0.15) is 35.7 Å². The second-order valence-electron chi connectivity index (χ2n) is 7.94. The number of hydrogen-bond donors (Lipinski definition) is 1. The van der Waals surface area contributed by atoms with Crippen molar-refractivity contribution in [2.45, 2.75) is 31.7 Å². The lowest BCUT2D eigenvalue weighted by atomic mass is 10.0. The van der Waals surface area contributed by atoms with Crippen LogP contribution >= 0.6 is 11.3 Å². The van der Waals surface area contributed by atoms with Crippen molar-refractivity contribution >= 4 is 28.1 Å². The number of fused-ring (bicyclic) bond motifs is 1. The maximum atomic E-state index is 14.0. The van der Waals surface area contributed by atoms with Gasteiger partial charge >= 0.3 is 0 Å². The van der Waals surface area contributed by atoms with E-state index in [1.165, 1.54) is 29.1 Å². The molecule has 1 aliphatic heterocycles. The molecule has 3 heterocycles. The molecule has 158 valence electrons. The number of likely N-dealkylation sites (tertiary alicyclic amines) is 1. The number of carbonyl (C=O) groups is 1. The standard InChI is InChI=1S/C25H22F2N2OS/c26-17-7-5-16(6-8-17)25-19(20-15-18(27)9-11-21(20)28-25)10-12-24(30)29-13-1-3-22(29)23-4-2-14-31-23/h2,4-9,11,14-15,22,28H,1,3,10,12-13H2/t22-/m1/s1. The van der Waals surface area contributed by atoms with Crippen molar-refractivity contribution < 1.29 is 13.6 Å². The molecule has 1 aliphatic rings. The maximum Gasteiger partial charge on any atom is 0.223 e. The Labute approximate surface area is 183 Å². The highest BCUT2D eigenvalue weighted by molar-refractivity contribution is 7.10. The molecule has 5 rings (SSSR count). The summed E-state index contributed by atoms with van der Waals surface area (Å²) >= 11 is 1.69. The van der Waals surface area contributed by atoms with E-state index < -0.39 is 0 Å². The highest BCUT2D eigenvalue weighted by atomic mass is 32.1. The monoisotopic (exact) mass is 436 g/mol. The molecule has 0 spiro atoms. The van der Waals surface area contributed by atoms with Gasteiger partial charge in [0.1, 0.15) is 11.6 Å². The number of H-pyrrole nitrogens is 1. The van der Waals surface area contributed by atoms with Crippen LogP contribution in [0.5, 0.6) is 0 Å². The number of aryl methyl sites for hydroxylation is 1. The summed E-state index contributed by atoms with van der Waals surface area (Å²) < 4.78 is 27.4. The largest absolute Gasteiger partial charge is 0.354 e. The van der Waals surface area contributed by atoms with Crippen LogP contribution in [-0.4, -0.2) is 22.3 Å². The molecular formula is C25H22F2N2OS. The van der Waals surface area contributed by atoms with E-state index in [9.17, 15) is 13.6 Å². The molecule has 1 amide bonds. The maximum absolute atomic E-state index is 14.0. The van der Waals surface area contributed by atoms with Crippen LogP contribution in [0.3, 0.4) is 0 Å². The van der Waals surface area contributed by atoms with Crippen molar-refractivity contribution in [1.29, 1.82) is 0 Å². The normalized spacial score (nSPS) is 16.3. The lowest BCUT2D eigenvalue weighted by Crippen LogP contribution is -2.30. The molecule has 0 radical (unpaired) electrons. The Kier molecular flexibility index (Phi) is 5.32. The number of carbonyl (C=O) groups excluding carboxylic acids is 1. The molecular weight excluding hydrogens is 414 g/mol. The third-order valence-electron chi connectivity index (χ3n) is 6.03. The summed E-state index contributed by atoms with van der Waals surface area (Å²) in [5.74, 6) is -0.509. The van der Waals surface area contributed by atoms with Gasteiger partial charge in [-0.2, -0.15) is 0 Å². The molecule has 0 unspecified atom stereocenters. The van der Waals surface area contributed by atoms with Crippen LogP contribution in [0.2, 0.25) is 0 Å². The Bertz CT molecular complexity index is 1210. The Morgan fingerprint density at radius 3 is 2.68 bits per heavy atom. The molecule has 1 atom stereocenters. The van der Waals surface area contributed by atoms with Gasteiger partial charge in [-0.05, 0) is 84.3 Å². The Balaban J connectivity index is 1.44. The van der Waals surface area contributed by atoms with E-state index in [1.807, 2.05) is 16.3 Å². The quantitative estimate of drug-likeness (QED) is 0.382. The molecule has 31 heavy (non-hydrogen) atoms. The molecule has 0 aliphatic carbocycles. The number of aromatic amines is 1. The fourth-order valence-corrected chi connectivity index (χ4v) is 5.43. The highest BCUT2D eigenvalue weighted by Crippen LogP contribution is 2.36. The first-order valence-electron chi connectivity index (χ1n) is 10.5. The van der Waals surface area contributed by atoms with Crippen LogP contribution in [0, 0.1) is 11.6 Å². The molecule has 3 nitrogen and oxygen atoms in total. The minimum Gasteiger partial charge on any atom is -0.354 e. The number of nitrogens with one attached hydrogen (secondary N) is 1. The lowest BCUT2D eigenvalue weighted by Gasteiger charge is -2.24. The fourth-order valence-electron chi connectivity index (χ4n) is 4.56. The van der Waals surface area contributed by atoms with Gasteiger partial charge in [0, 0.05) is 34.4 Å². The van der Waals surface area contributed by atoms with Gasteiger partial charge in [0.15, 0.2) is 0 Å². The summed E-state index contributed by atoms with van der Waals surface area (Å²) in [6.07, 6.45) is 2.83. The van der Waals surface area contributed by atoms with Crippen LogP contribution in [0.25, 0.3) is 22.2 Å². The zero-order valence-corrected chi connectivity index (χ0v) is 17.7. The topological polar surface area (TPSA) is 36.1 Å². The molecule has 1 fully saturated rings. The van der Waals surface area contributed by atoms with Gasteiger partial charge in [0.25, 0.3) is 0 Å². The van der Waals surface area contributed by atoms with Crippen molar-refractivity contribution in [3.05, 3.63) is 82.1 Å². The number of nitrogens with zero attached hydrogens (tertiary/aromatic N) is 1. The fraction of sp³-hybridized carbons (Fsp3) is 0.240. The summed E-state index contributed by atoms with van der Waals surface area (Å²) in [6.45, 7) is 0.773.